The van der Waals surface area contributed by atoms with Gasteiger partial charge in [0.2, 0.25) is 17.6 Å². The maximum atomic E-state index is 14.4. The summed E-state index contributed by atoms with van der Waals surface area (Å²) in [6.45, 7) is 4.59. The molecule has 0 aromatic rings. The summed E-state index contributed by atoms with van der Waals surface area (Å²) in [5.41, 5.74) is -2.37. The summed E-state index contributed by atoms with van der Waals surface area (Å²) in [6.07, 6.45) is 10.7. The van der Waals surface area contributed by atoms with Crippen molar-refractivity contribution in [2.75, 3.05) is 18.9 Å². The van der Waals surface area contributed by atoms with Gasteiger partial charge in [-0.25, -0.2) is 13.2 Å². The number of nitrogens with one attached hydrogen (secondary N) is 4. The van der Waals surface area contributed by atoms with Crippen molar-refractivity contribution in [3.8, 4) is 0 Å². The first-order chi connectivity index (χ1) is 22.8. The number of urea groups is 1. The minimum atomic E-state index is -3.55. The summed E-state index contributed by atoms with van der Waals surface area (Å²) >= 11 is 0. The van der Waals surface area contributed by atoms with E-state index in [1.807, 2.05) is 0 Å². The average Bonchev–Trinajstić information content (AvgIpc) is 3.82. The van der Waals surface area contributed by atoms with Gasteiger partial charge in [0, 0.05) is 12.6 Å². The SMILES string of the molecule is CC1(C)[C@@H]2[C@H]3C(=O)N[C@H](C(=O)C(=O)NC4CC4)CCCCCCCC[C@H](NC(=O)NC4(C5OCCS5(=O)=O)CCCCC4)C(=O)N3C[C@@H]21. The number of sulfone groups is 1. The maximum Gasteiger partial charge on any atom is 0.315 e. The van der Waals surface area contributed by atoms with Crippen molar-refractivity contribution in [3.63, 3.8) is 0 Å². The van der Waals surface area contributed by atoms with Crippen LogP contribution in [0.2, 0.25) is 0 Å². The number of nitrogens with zero attached hydrogens (tertiary/aromatic N) is 1. The molecule has 0 aromatic heterocycles. The predicted molar refractivity (Wildman–Crippen MR) is 176 cm³/mol. The summed E-state index contributed by atoms with van der Waals surface area (Å²) in [5.74, 6) is -2.24. The van der Waals surface area contributed by atoms with Crippen molar-refractivity contribution >= 4 is 39.4 Å². The second-order valence-corrected chi connectivity index (χ2v) is 17.9. The van der Waals surface area contributed by atoms with E-state index in [1.54, 1.807) is 4.90 Å². The topological polar surface area (TPSA) is 180 Å². The fourth-order valence-corrected chi connectivity index (χ4v) is 10.7. The Balaban J connectivity index is 1.21. The van der Waals surface area contributed by atoms with Crippen LogP contribution in [0.4, 0.5) is 4.79 Å². The lowest BCUT2D eigenvalue weighted by atomic mass is 9.82. The summed E-state index contributed by atoms with van der Waals surface area (Å²) in [7, 11) is -3.55. The Kier molecular flexibility index (Phi) is 10.1. The van der Waals surface area contributed by atoms with E-state index in [4.69, 9.17) is 4.74 Å². The van der Waals surface area contributed by atoms with Gasteiger partial charge in [0.25, 0.3) is 5.91 Å². The Hall–Kier alpha value is -2.74. The third-order valence-corrected chi connectivity index (χ3v) is 13.9. The Morgan fingerprint density at radius 1 is 0.875 bits per heavy atom. The Bertz CT molecular complexity index is 1390. The zero-order valence-electron chi connectivity index (χ0n) is 28.4. The molecule has 0 bridgehead atoms. The molecule has 6 atom stereocenters. The first-order valence-corrected chi connectivity index (χ1v) is 19.9. The molecular formula is C34H53N5O8S. The maximum absolute atomic E-state index is 14.4. The van der Waals surface area contributed by atoms with Gasteiger partial charge in [-0.15, -0.1) is 0 Å². The van der Waals surface area contributed by atoms with Gasteiger partial charge >= 0.3 is 6.03 Å². The van der Waals surface area contributed by atoms with Gasteiger partial charge in [0.15, 0.2) is 15.3 Å². The molecule has 6 aliphatic rings. The number of carbonyl (C=O) groups is 5. The van der Waals surface area contributed by atoms with E-state index in [-0.39, 0.29) is 41.6 Å². The van der Waals surface area contributed by atoms with E-state index < -0.39 is 62.6 Å². The molecule has 268 valence electrons. The Labute approximate surface area is 283 Å². The van der Waals surface area contributed by atoms with Crippen molar-refractivity contribution in [3.05, 3.63) is 0 Å². The minimum absolute atomic E-state index is 0.0140. The highest BCUT2D eigenvalue weighted by molar-refractivity contribution is 7.92. The van der Waals surface area contributed by atoms with Crippen LogP contribution in [-0.4, -0.2) is 96.9 Å². The molecule has 4 N–H and O–H groups in total. The molecule has 0 radical (unpaired) electrons. The van der Waals surface area contributed by atoms with Crippen LogP contribution in [0, 0.1) is 17.3 Å². The second-order valence-electron chi connectivity index (χ2n) is 15.7. The molecule has 3 aliphatic carbocycles. The van der Waals surface area contributed by atoms with E-state index in [1.165, 1.54) is 0 Å². The number of hydrogen-bond donors (Lipinski definition) is 4. The highest BCUT2D eigenvalue weighted by Crippen LogP contribution is 2.65. The molecule has 6 fully saturated rings. The summed E-state index contributed by atoms with van der Waals surface area (Å²) in [5, 5.41) is 11.5. The van der Waals surface area contributed by atoms with Crippen LogP contribution in [0.5, 0.6) is 0 Å². The first kappa shape index (κ1) is 35.1. The molecule has 0 spiro atoms. The van der Waals surface area contributed by atoms with Crippen molar-refractivity contribution < 1.29 is 37.1 Å². The standard InChI is InChI=1S/C34H53N5O8S/c1-33(2)22-20-39-26(25(22)33)28(41)36-23(27(40)29(42)35-21-14-15-21)12-8-5-3-4-6-9-13-24(30(39)43)37-32(44)38-34(16-10-7-11-17-34)31-47-18-19-48(31,45)46/h21-26,31H,3-20H2,1-2H3,(H,35,42)(H,36,41)(H2,37,38,44)/t22-,23-,24-,25-,26-,31?/m0/s1. The summed E-state index contributed by atoms with van der Waals surface area (Å²) < 4.78 is 31.6. The number of amides is 5. The molecule has 3 saturated carbocycles. The molecule has 3 saturated heterocycles. The van der Waals surface area contributed by atoms with Gasteiger partial charge in [0.05, 0.1) is 23.9 Å². The lowest BCUT2D eigenvalue weighted by molar-refractivity contribution is -0.144. The van der Waals surface area contributed by atoms with Crippen LogP contribution in [0.25, 0.3) is 0 Å². The van der Waals surface area contributed by atoms with Crippen LogP contribution in [-0.2, 0) is 33.8 Å². The molecule has 3 heterocycles. The number of hydrogen-bond acceptors (Lipinski definition) is 8. The van der Waals surface area contributed by atoms with Crippen LogP contribution in [0.15, 0.2) is 0 Å². The quantitative estimate of drug-likeness (QED) is 0.306. The molecule has 0 aromatic carbocycles. The molecule has 14 heteroatoms. The average molecular weight is 692 g/mol. The summed E-state index contributed by atoms with van der Waals surface area (Å²) in [6, 6.07) is -3.33. The fourth-order valence-electron chi connectivity index (χ4n) is 8.85. The van der Waals surface area contributed by atoms with Gasteiger partial charge in [-0.1, -0.05) is 71.6 Å². The number of fused-ring (bicyclic) bond motifs is 3. The number of carbonyl (C=O) groups excluding carboxylic acids is 5. The predicted octanol–water partition coefficient (Wildman–Crippen LogP) is 2.08. The van der Waals surface area contributed by atoms with Crippen LogP contribution < -0.4 is 21.3 Å². The van der Waals surface area contributed by atoms with Gasteiger partial charge in [-0.2, -0.15) is 0 Å². The molecular weight excluding hydrogens is 638 g/mol. The highest BCUT2D eigenvalue weighted by atomic mass is 32.2. The second kappa shape index (κ2) is 13.9. The van der Waals surface area contributed by atoms with Crippen molar-refractivity contribution in [2.45, 2.75) is 145 Å². The zero-order valence-corrected chi connectivity index (χ0v) is 29.2. The van der Waals surface area contributed by atoms with Crippen LogP contribution >= 0.6 is 0 Å². The minimum Gasteiger partial charge on any atom is -0.359 e. The number of rotatable bonds is 6. The molecule has 3 aliphatic heterocycles. The Morgan fingerprint density at radius 2 is 1.52 bits per heavy atom. The van der Waals surface area contributed by atoms with Crippen molar-refractivity contribution in [2.24, 2.45) is 17.3 Å². The first-order valence-electron chi connectivity index (χ1n) is 18.2. The van der Waals surface area contributed by atoms with E-state index in [0.717, 1.165) is 57.8 Å². The van der Waals surface area contributed by atoms with E-state index >= 15 is 0 Å². The van der Waals surface area contributed by atoms with Crippen LogP contribution in [0.3, 0.4) is 0 Å². The monoisotopic (exact) mass is 691 g/mol. The highest BCUT2D eigenvalue weighted by Gasteiger charge is 2.69. The smallest absolute Gasteiger partial charge is 0.315 e. The number of ether oxygens (including phenoxy) is 1. The van der Waals surface area contributed by atoms with Crippen LogP contribution in [0.1, 0.15) is 110 Å². The van der Waals surface area contributed by atoms with Crippen molar-refractivity contribution in [1.82, 2.24) is 26.2 Å². The largest absolute Gasteiger partial charge is 0.359 e. The molecule has 5 amide bonds. The summed E-state index contributed by atoms with van der Waals surface area (Å²) in [4.78, 5) is 69.7. The lowest BCUT2D eigenvalue weighted by Crippen LogP contribution is -2.64. The fraction of sp³-hybridized carbons (Fsp3) is 0.853. The molecule has 48 heavy (non-hydrogen) atoms. The zero-order chi connectivity index (χ0) is 34.3. The Morgan fingerprint density at radius 3 is 2.17 bits per heavy atom. The van der Waals surface area contributed by atoms with Gasteiger partial charge < -0.3 is 30.9 Å². The molecule has 1 unspecified atom stereocenters. The van der Waals surface area contributed by atoms with Gasteiger partial charge in [-0.3, -0.25) is 19.2 Å². The van der Waals surface area contributed by atoms with Gasteiger partial charge in [0.1, 0.15) is 12.1 Å². The van der Waals surface area contributed by atoms with E-state index in [9.17, 15) is 32.4 Å². The number of piperidine rings is 1. The number of ketones is 1. The molecule has 13 nitrogen and oxygen atoms in total. The van der Waals surface area contributed by atoms with Gasteiger partial charge in [-0.05, 0) is 55.8 Å². The lowest BCUT2D eigenvalue weighted by Gasteiger charge is -2.41. The van der Waals surface area contributed by atoms with Crippen molar-refractivity contribution in [1.29, 1.82) is 0 Å². The van der Waals surface area contributed by atoms with E-state index in [2.05, 4.69) is 35.1 Å². The normalized spacial score (nSPS) is 34.8. The molecule has 6 rings (SSSR count). The third kappa shape index (κ3) is 7.25. The van der Waals surface area contributed by atoms with E-state index in [0.29, 0.717) is 45.1 Å². The third-order valence-electron chi connectivity index (χ3n) is 11.9. The number of Topliss-reactive ketones (excluding diaryl/α,β-unsaturated/α-hetero) is 1.